The number of para-hydroxylation sites is 1. The van der Waals surface area contributed by atoms with Crippen LogP contribution in [0.4, 0.5) is 5.69 Å². The molecule has 3 aromatic carbocycles. The third-order valence-corrected chi connectivity index (χ3v) is 8.31. The largest absolute Gasteiger partial charge is 0.369 e. The highest BCUT2D eigenvalue weighted by molar-refractivity contribution is 6.31. The third kappa shape index (κ3) is 7.86. The molecule has 12 heteroatoms. The minimum Gasteiger partial charge on any atom is -0.369 e. The lowest BCUT2D eigenvalue weighted by Crippen LogP contribution is -2.47. The van der Waals surface area contributed by atoms with Crippen molar-refractivity contribution in [3.8, 4) is 17.1 Å². The molecule has 0 unspecified atom stereocenters. The zero-order valence-corrected chi connectivity index (χ0v) is 27.4. The highest BCUT2D eigenvalue weighted by Crippen LogP contribution is 2.29. The van der Waals surface area contributed by atoms with Crippen molar-refractivity contribution >= 4 is 48.0 Å². The number of hydrogen-bond acceptors (Lipinski definition) is 6. The van der Waals surface area contributed by atoms with Crippen LogP contribution >= 0.6 is 36.4 Å². The Bertz CT molecular complexity index is 1650. The smallest absolute Gasteiger partial charge is 0.271 e. The normalized spacial score (nSPS) is 13.2. The molecular formula is C33H37Cl3N8O. The number of hydrogen-bond donors (Lipinski definition) is 1. The number of nitrogens with one attached hydrogen (secondary N) is 1. The van der Waals surface area contributed by atoms with Crippen molar-refractivity contribution in [1.29, 1.82) is 0 Å². The second-order valence-corrected chi connectivity index (χ2v) is 11.1. The number of aromatic nitrogens is 5. The highest BCUT2D eigenvalue weighted by Gasteiger charge is 2.25. The van der Waals surface area contributed by atoms with E-state index in [1.165, 1.54) is 12.0 Å². The van der Waals surface area contributed by atoms with E-state index < -0.39 is 0 Å². The first-order chi connectivity index (χ1) is 21.1. The van der Waals surface area contributed by atoms with Crippen LogP contribution in [0.1, 0.15) is 28.2 Å². The molecule has 1 amide bonds. The quantitative estimate of drug-likeness (QED) is 0.186. The van der Waals surface area contributed by atoms with E-state index in [1.807, 2.05) is 77.4 Å². The number of carbonyl (C=O) groups excluding carboxylic acids is 1. The van der Waals surface area contributed by atoms with Crippen LogP contribution in [-0.2, 0) is 6.54 Å². The van der Waals surface area contributed by atoms with Crippen LogP contribution in [0, 0.1) is 6.92 Å². The summed E-state index contributed by atoms with van der Waals surface area (Å²) in [5.74, 6) is 0.517. The Morgan fingerprint density at radius 2 is 1.62 bits per heavy atom. The predicted octanol–water partition coefficient (Wildman–Crippen LogP) is 5.93. The van der Waals surface area contributed by atoms with Gasteiger partial charge in [0.2, 0.25) is 0 Å². The summed E-state index contributed by atoms with van der Waals surface area (Å²) in [6.45, 7) is 7.78. The Morgan fingerprint density at radius 3 is 2.31 bits per heavy atom. The first kappa shape index (κ1) is 34.0. The number of rotatable bonds is 10. The maximum atomic E-state index is 13.7. The summed E-state index contributed by atoms with van der Waals surface area (Å²) in [4.78, 5) is 27.6. The van der Waals surface area contributed by atoms with Crippen LogP contribution in [-0.4, -0.2) is 74.4 Å². The van der Waals surface area contributed by atoms with E-state index in [4.69, 9.17) is 16.6 Å². The average Bonchev–Trinajstić information content (AvgIpc) is 3.70. The van der Waals surface area contributed by atoms with Crippen molar-refractivity contribution in [3.05, 3.63) is 113 Å². The van der Waals surface area contributed by atoms with Crippen molar-refractivity contribution in [1.82, 2.24) is 34.5 Å². The first-order valence-corrected chi connectivity index (χ1v) is 15.0. The van der Waals surface area contributed by atoms with E-state index >= 15 is 0 Å². The lowest BCUT2D eigenvalue weighted by atomic mass is 10.1. The van der Waals surface area contributed by atoms with Crippen LogP contribution < -0.4 is 10.2 Å². The van der Waals surface area contributed by atoms with Crippen LogP contribution in [0.5, 0.6) is 0 Å². The minimum atomic E-state index is -0.191. The van der Waals surface area contributed by atoms with Crippen molar-refractivity contribution in [2.24, 2.45) is 0 Å². The van der Waals surface area contributed by atoms with Gasteiger partial charge in [0.25, 0.3) is 5.91 Å². The summed E-state index contributed by atoms with van der Waals surface area (Å²) in [5.41, 5.74) is 5.34. The topological polar surface area (TPSA) is 84.1 Å². The number of anilines is 1. The summed E-state index contributed by atoms with van der Waals surface area (Å²) < 4.78 is 3.76. The summed E-state index contributed by atoms with van der Waals surface area (Å²) in [6.07, 6.45) is 4.00. The molecule has 45 heavy (non-hydrogen) atoms. The van der Waals surface area contributed by atoms with E-state index in [9.17, 15) is 4.79 Å². The van der Waals surface area contributed by atoms with Gasteiger partial charge in [0.15, 0.2) is 5.69 Å². The fourth-order valence-corrected chi connectivity index (χ4v) is 5.79. The molecular weight excluding hydrogens is 631 g/mol. The van der Waals surface area contributed by atoms with Gasteiger partial charge in [0.1, 0.15) is 18.5 Å². The van der Waals surface area contributed by atoms with Gasteiger partial charge in [0, 0.05) is 54.7 Å². The van der Waals surface area contributed by atoms with Crippen LogP contribution in [0.25, 0.3) is 17.1 Å². The Labute approximate surface area is 281 Å². The number of amides is 1. The van der Waals surface area contributed by atoms with Crippen LogP contribution in [0.2, 0.25) is 5.02 Å². The average molecular weight is 668 g/mol. The SMILES string of the molecule is Cc1c(Cl)cccc1N1CCN(CCCNC(=O)c2nc(-c3ccccc3)n(-c3ccccc3)c2Cn2cncn2)CC1.Cl.Cl. The van der Waals surface area contributed by atoms with Gasteiger partial charge in [-0.3, -0.25) is 14.3 Å². The molecule has 2 aromatic heterocycles. The van der Waals surface area contributed by atoms with E-state index in [0.717, 1.165) is 66.7 Å². The molecule has 9 nitrogen and oxygen atoms in total. The van der Waals surface area contributed by atoms with Crippen molar-refractivity contribution in [2.45, 2.75) is 19.9 Å². The van der Waals surface area contributed by atoms with Crippen molar-refractivity contribution < 1.29 is 4.79 Å². The van der Waals surface area contributed by atoms with Gasteiger partial charge in [-0.15, -0.1) is 24.8 Å². The zero-order valence-electron chi connectivity index (χ0n) is 25.1. The van der Waals surface area contributed by atoms with Crippen LogP contribution in [0.3, 0.4) is 0 Å². The van der Waals surface area contributed by atoms with E-state index in [-0.39, 0.29) is 30.7 Å². The molecule has 0 aliphatic carbocycles. The van der Waals surface area contributed by atoms with Gasteiger partial charge in [0.05, 0.1) is 12.2 Å². The van der Waals surface area contributed by atoms with Gasteiger partial charge in [-0.2, -0.15) is 5.10 Å². The Kier molecular flexibility index (Phi) is 12.0. The monoisotopic (exact) mass is 666 g/mol. The molecule has 0 atom stereocenters. The molecule has 1 aliphatic rings. The number of piperazine rings is 1. The van der Waals surface area contributed by atoms with Crippen molar-refractivity contribution in [3.63, 3.8) is 0 Å². The summed E-state index contributed by atoms with van der Waals surface area (Å²) in [6, 6.07) is 26.0. The van der Waals surface area contributed by atoms with Gasteiger partial charge >= 0.3 is 0 Å². The molecule has 0 spiro atoms. The van der Waals surface area contributed by atoms with Gasteiger partial charge < -0.3 is 10.2 Å². The second-order valence-electron chi connectivity index (χ2n) is 10.7. The van der Waals surface area contributed by atoms with Gasteiger partial charge in [-0.05, 0) is 49.7 Å². The maximum Gasteiger partial charge on any atom is 0.271 e. The summed E-state index contributed by atoms with van der Waals surface area (Å²) in [5, 5.41) is 8.26. The fraction of sp³-hybridized carbons (Fsp3) is 0.273. The van der Waals surface area contributed by atoms with E-state index in [1.54, 1.807) is 11.0 Å². The number of imidazole rings is 1. The molecule has 1 N–H and O–H groups in total. The molecule has 3 heterocycles. The van der Waals surface area contributed by atoms with Crippen LogP contribution in [0.15, 0.2) is 91.5 Å². The number of nitrogens with zero attached hydrogens (tertiary/aromatic N) is 7. The zero-order chi connectivity index (χ0) is 29.6. The van der Waals surface area contributed by atoms with Gasteiger partial charge in [-0.1, -0.05) is 66.2 Å². The van der Waals surface area contributed by atoms with E-state index in [2.05, 4.69) is 38.2 Å². The molecule has 6 rings (SSSR count). The molecule has 0 saturated carbocycles. The lowest BCUT2D eigenvalue weighted by Gasteiger charge is -2.37. The molecule has 0 bridgehead atoms. The minimum absolute atomic E-state index is 0. The first-order valence-electron chi connectivity index (χ1n) is 14.6. The summed E-state index contributed by atoms with van der Waals surface area (Å²) in [7, 11) is 0. The standard InChI is InChI=1S/C33H35ClN8O.2ClH/c1-25-28(34)14-8-15-29(25)40-20-18-39(19-21-40)17-9-16-36-33(43)31-30(22-41-24-35-23-37-41)42(27-12-6-3-7-13-27)32(38-31)26-10-4-2-5-11-26;;/h2-8,10-15,23-24H,9,16-22H2,1H3,(H,36,43);2*1H. The Hall–Kier alpha value is -3.89. The molecule has 236 valence electrons. The number of benzene rings is 3. The predicted molar refractivity (Wildman–Crippen MR) is 184 cm³/mol. The second kappa shape index (κ2) is 15.9. The molecule has 1 fully saturated rings. The lowest BCUT2D eigenvalue weighted by molar-refractivity contribution is 0.0945. The van der Waals surface area contributed by atoms with Gasteiger partial charge in [-0.25, -0.2) is 14.6 Å². The summed E-state index contributed by atoms with van der Waals surface area (Å²) >= 11 is 6.35. The van der Waals surface area contributed by atoms with E-state index in [0.29, 0.717) is 24.6 Å². The van der Waals surface area contributed by atoms with Crippen molar-refractivity contribution in [2.75, 3.05) is 44.2 Å². The highest BCUT2D eigenvalue weighted by atomic mass is 35.5. The third-order valence-electron chi connectivity index (χ3n) is 7.90. The molecule has 1 aliphatic heterocycles. The number of halogens is 3. The molecule has 0 radical (unpaired) electrons. The maximum absolute atomic E-state index is 13.7. The fourth-order valence-electron chi connectivity index (χ4n) is 5.62. The molecule has 5 aromatic rings. The molecule has 1 saturated heterocycles. The Morgan fingerprint density at radius 1 is 0.911 bits per heavy atom. The number of carbonyl (C=O) groups is 1. The Balaban J connectivity index is 0.00000230.